The molecule has 0 aliphatic heterocycles. The van der Waals surface area contributed by atoms with Gasteiger partial charge in [-0.15, -0.1) is 0 Å². The third-order valence-corrected chi connectivity index (χ3v) is 4.21. The number of hydrogen-bond donors (Lipinski definition) is 0. The van der Waals surface area contributed by atoms with E-state index in [1.54, 1.807) is 10.8 Å². The van der Waals surface area contributed by atoms with E-state index in [4.69, 9.17) is 0 Å². The van der Waals surface area contributed by atoms with Crippen LogP contribution in [0.3, 0.4) is 0 Å². The second kappa shape index (κ2) is 5.99. The molecule has 0 unspecified atom stereocenters. The molecule has 0 bridgehead atoms. The van der Waals surface area contributed by atoms with Crippen molar-refractivity contribution in [2.24, 2.45) is 10.4 Å². The Hall–Kier alpha value is -2.04. The van der Waals surface area contributed by atoms with Gasteiger partial charge in [0.1, 0.15) is 5.69 Å². The molecule has 2 aromatic heterocycles. The smallest absolute Gasteiger partial charge is 0.274 e. The Morgan fingerprint density at radius 3 is 3.00 bits per heavy atom. The molecule has 1 aliphatic carbocycles. The van der Waals surface area contributed by atoms with E-state index < -0.39 is 0 Å². The van der Waals surface area contributed by atoms with E-state index in [0.29, 0.717) is 24.4 Å². The lowest BCUT2D eigenvalue weighted by Gasteiger charge is -2.10. The lowest BCUT2D eigenvalue weighted by atomic mass is 10.2. The van der Waals surface area contributed by atoms with Gasteiger partial charge in [-0.3, -0.25) is 9.79 Å². The maximum absolute atomic E-state index is 12.7. The van der Waals surface area contributed by atoms with Crippen LogP contribution in [0.2, 0.25) is 0 Å². The van der Waals surface area contributed by atoms with Crippen LogP contribution in [0.5, 0.6) is 0 Å². The fourth-order valence-corrected chi connectivity index (χ4v) is 2.45. The van der Waals surface area contributed by atoms with Gasteiger partial charge in [0.25, 0.3) is 5.56 Å². The summed E-state index contributed by atoms with van der Waals surface area (Å²) >= 11 is 0. The second-order valence-electron chi connectivity index (χ2n) is 6.34. The lowest BCUT2D eigenvalue weighted by molar-refractivity contribution is 0.621. The molecule has 1 fully saturated rings. The van der Waals surface area contributed by atoms with Crippen LogP contribution in [-0.4, -0.2) is 20.7 Å². The van der Waals surface area contributed by atoms with E-state index in [9.17, 15) is 4.79 Å². The number of rotatable bonds is 6. The normalized spacial score (nSPS) is 16.5. The zero-order chi connectivity index (χ0) is 15.6. The highest BCUT2D eigenvalue weighted by Crippen LogP contribution is 2.42. The Balaban J connectivity index is 1.97. The van der Waals surface area contributed by atoms with Crippen LogP contribution >= 0.6 is 0 Å². The van der Waals surface area contributed by atoms with Crippen LogP contribution in [0.15, 0.2) is 28.1 Å². The number of unbranched alkanes of at least 4 members (excludes halogenated alkanes) is 1. The Morgan fingerprint density at radius 2 is 2.27 bits per heavy atom. The second-order valence-corrected chi connectivity index (χ2v) is 6.34. The van der Waals surface area contributed by atoms with Crippen LogP contribution in [0.1, 0.15) is 45.2 Å². The van der Waals surface area contributed by atoms with Gasteiger partial charge in [-0.1, -0.05) is 20.3 Å². The summed E-state index contributed by atoms with van der Waals surface area (Å²) in [4.78, 5) is 25.8. The van der Waals surface area contributed by atoms with Crippen molar-refractivity contribution in [3.63, 3.8) is 0 Å². The minimum atomic E-state index is -0.0351. The van der Waals surface area contributed by atoms with Crippen molar-refractivity contribution in [1.29, 1.82) is 0 Å². The highest BCUT2D eigenvalue weighted by atomic mass is 16.1. The number of pyridine rings is 1. The molecule has 5 nitrogen and oxygen atoms in total. The van der Waals surface area contributed by atoms with Crippen LogP contribution in [0, 0.1) is 5.41 Å². The van der Waals surface area contributed by atoms with E-state index in [-0.39, 0.29) is 11.0 Å². The van der Waals surface area contributed by atoms with E-state index in [0.717, 1.165) is 18.4 Å². The molecule has 2 heterocycles. The Morgan fingerprint density at radius 1 is 1.45 bits per heavy atom. The molecule has 1 saturated carbocycles. The topological polar surface area (TPSA) is 60.1 Å². The van der Waals surface area contributed by atoms with Gasteiger partial charge in [0.2, 0.25) is 0 Å². The first-order chi connectivity index (χ1) is 10.6. The van der Waals surface area contributed by atoms with Crippen molar-refractivity contribution < 1.29 is 0 Å². The third kappa shape index (κ3) is 3.08. The predicted molar refractivity (Wildman–Crippen MR) is 88.2 cm³/mol. The molecule has 0 spiro atoms. The van der Waals surface area contributed by atoms with Crippen LogP contribution in [0.4, 0.5) is 0 Å². The molecule has 0 aromatic carbocycles. The monoisotopic (exact) mass is 298 g/mol. The molecule has 5 heteroatoms. The minimum absolute atomic E-state index is 0.0351. The molecule has 0 atom stereocenters. The van der Waals surface area contributed by atoms with E-state index >= 15 is 0 Å². The van der Waals surface area contributed by atoms with Crippen molar-refractivity contribution in [1.82, 2.24) is 14.5 Å². The third-order valence-electron chi connectivity index (χ3n) is 4.21. The summed E-state index contributed by atoms with van der Waals surface area (Å²) in [5, 5.41) is 0. The minimum Gasteiger partial charge on any atom is -0.304 e. The molecule has 0 N–H and O–H groups in total. The molecule has 22 heavy (non-hydrogen) atoms. The van der Waals surface area contributed by atoms with Gasteiger partial charge in [-0.05, 0) is 31.4 Å². The van der Waals surface area contributed by atoms with Crippen LogP contribution in [0.25, 0.3) is 11.2 Å². The van der Waals surface area contributed by atoms with E-state index in [1.165, 1.54) is 12.8 Å². The molecule has 2 aromatic rings. The summed E-state index contributed by atoms with van der Waals surface area (Å²) in [7, 11) is 0. The molecule has 0 radical (unpaired) electrons. The first-order valence-electron chi connectivity index (χ1n) is 7.98. The van der Waals surface area contributed by atoms with Crippen molar-refractivity contribution in [3.8, 4) is 0 Å². The first kappa shape index (κ1) is 14.9. The van der Waals surface area contributed by atoms with Crippen molar-refractivity contribution in [2.45, 2.75) is 52.6 Å². The summed E-state index contributed by atoms with van der Waals surface area (Å²) in [5.74, 6) is 0. The molecule has 116 valence electrons. The van der Waals surface area contributed by atoms with E-state index in [2.05, 4.69) is 28.8 Å². The van der Waals surface area contributed by atoms with Crippen LogP contribution < -0.4 is 5.56 Å². The number of aryl methyl sites for hydroxylation is 1. The molecular formula is C17H22N4O. The van der Waals surface area contributed by atoms with Gasteiger partial charge in [-0.2, -0.15) is 0 Å². The highest BCUT2D eigenvalue weighted by Gasteiger charge is 2.35. The Kier molecular flexibility index (Phi) is 4.05. The molecule has 1 aliphatic rings. The van der Waals surface area contributed by atoms with Crippen molar-refractivity contribution >= 4 is 17.4 Å². The number of fused-ring (bicyclic) bond motifs is 1. The largest absolute Gasteiger partial charge is 0.304 e. The standard InChI is InChI=1S/C17H22N4O/c1-3-4-10-21-14-6-5-9-19-15(14)20-13(16(21)22)11-18-12-17(2)7-8-17/h5-6,9,12H,3-4,7-8,10-11H2,1-2H3. The maximum atomic E-state index is 12.7. The van der Waals surface area contributed by atoms with Gasteiger partial charge >= 0.3 is 0 Å². The predicted octanol–water partition coefficient (Wildman–Crippen LogP) is 2.96. The summed E-state index contributed by atoms with van der Waals surface area (Å²) in [6, 6.07) is 3.75. The van der Waals surface area contributed by atoms with Gasteiger partial charge in [-0.25, -0.2) is 9.97 Å². The average molecular weight is 298 g/mol. The average Bonchev–Trinajstić information content (AvgIpc) is 3.25. The summed E-state index contributed by atoms with van der Waals surface area (Å²) < 4.78 is 1.79. The quantitative estimate of drug-likeness (QED) is 0.770. The zero-order valence-electron chi connectivity index (χ0n) is 13.2. The fourth-order valence-electron chi connectivity index (χ4n) is 2.45. The molecular weight excluding hydrogens is 276 g/mol. The maximum Gasteiger partial charge on any atom is 0.274 e. The first-order valence-corrected chi connectivity index (χ1v) is 7.98. The van der Waals surface area contributed by atoms with E-state index in [1.807, 2.05) is 18.3 Å². The number of aliphatic imine (C=N–C) groups is 1. The molecule has 0 saturated heterocycles. The van der Waals surface area contributed by atoms with Crippen LogP contribution in [-0.2, 0) is 13.1 Å². The summed E-state index contributed by atoms with van der Waals surface area (Å²) in [6.07, 6.45) is 8.07. The Labute approximate surface area is 130 Å². The lowest BCUT2D eigenvalue weighted by Crippen LogP contribution is -2.26. The summed E-state index contributed by atoms with van der Waals surface area (Å²) in [5.41, 5.74) is 2.13. The number of nitrogens with zero attached hydrogens (tertiary/aromatic N) is 4. The zero-order valence-corrected chi connectivity index (χ0v) is 13.2. The summed E-state index contributed by atoms with van der Waals surface area (Å²) in [6.45, 7) is 5.35. The molecule has 0 amide bonds. The van der Waals surface area contributed by atoms with Crippen molar-refractivity contribution in [3.05, 3.63) is 34.4 Å². The van der Waals surface area contributed by atoms with Crippen molar-refractivity contribution in [2.75, 3.05) is 0 Å². The van der Waals surface area contributed by atoms with Gasteiger partial charge in [0.05, 0.1) is 12.1 Å². The SMILES string of the molecule is CCCCn1c(=O)c(CN=CC2(C)CC2)nc2ncccc21. The van der Waals surface area contributed by atoms with Gasteiger partial charge in [0.15, 0.2) is 5.65 Å². The highest BCUT2D eigenvalue weighted by molar-refractivity contribution is 5.70. The fraction of sp³-hybridized carbons (Fsp3) is 0.529. The number of hydrogen-bond acceptors (Lipinski definition) is 4. The van der Waals surface area contributed by atoms with Gasteiger partial charge < -0.3 is 4.57 Å². The molecule has 3 rings (SSSR count). The number of aromatic nitrogens is 3. The van der Waals surface area contributed by atoms with Gasteiger partial charge in [0, 0.05) is 24.4 Å². The Bertz CT molecular complexity index is 759.